The molecule has 0 aliphatic heterocycles. The number of halogens is 2. The Morgan fingerprint density at radius 1 is 1.26 bits per heavy atom. The lowest BCUT2D eigenvalue weighted by Crippen LogP contribution is -2.10. The van der Waals surface area contributed by atoms with E-state index >= 15 is 0 Å². The average Bonchev–Trinajstić information content (AvgIpc) is 2.61. The van der Waals surface area contributed by atoms with Crippen molar-refractivity contribution in [2.45, 2.75) is 13.5 Å². The summed E-state index contributed by atoms with van der Waals surface area (Å²) in [7, 11) is 1.30. The van der Waals surface area contributed by atoms with Crippen LogP contribution in [0.5, 0.6) is 11.5 Å². The number of carbonyl (C=O) groups excluding carboxylic acids is 1. The third-order valence-corrected chi connectivity index (χ3v) is 3.61. The number of nitro groups is 1. The molecule has 0 unspecified atom stereocenters. The maximum atomic E-state index is 12.6. The number of para-hydroxylation sites is 1. The minimum atomic E-state index is -3.06. The highest BCUT2D eigenvalue weighted by Crippen LogP contribution is 2.33. The first kappa shape index (κ1) is 19.8. The number of rotatable bonds is 7. The summed E-state index contributed by atoms with van der Waals surface area (Å²) < 4.78 is 34.7. The lowest BCUT2D eigenvalue weighted by atomic mass is 10.1. The van der Waals surface area contributed by atoms with Crippen molar-refractivity contribution < 1.29 is 28.0 Å². The zero-order chi connectivity index (χ0) is 20.0. The molecule has 27 heavy (non-hydrogen) atoms. The van der Waals surface area contributed by atoms with E-state index in [0.717, 1.165) is 6.08 Å². The zero-order valence-corrected chi connectivity index (χ0v) is 14.4. The van der Waals surface area contributed by atoms with Crippen LogP contribution in [0, 0.1) is 17.0 Å². The molecular formula is C18H16F2N2O5. The van der Waals surface area contributed by atoms with Crippen LogP contribution >= 0.6 is 0 Å². The van der Waals surface area contributed by atoms with Crippen molar-refractivity contribution in [3.8, 4) is 11.5 Å². The van der Waals surface area contributed by atoms with Gasteiger partial charge in [0.15, 0.2) is 11.5 Å². The molecule has 0 aromatic heterocycles. The van der Waals surface area contributed by atoms with E-state index in [9.17, 15) is 23.7 Å². The smallest absolute Gasteiger partial charge is 0.387 e. The highest BCUT2D eigenvalue weighted by Gasteiger charge is 2.15. The Morgan fingerprint density at radius 2 is 1.96 bits per heavy atom. The molecule has 0 atom stereocenters. The summed E-state index contributed by atoms with van der Waals surface area (Å²) in [6.07, 6.45) is 2.38. The topological polar surface area (TPSA) is 90.7 Å². The molecule has 0 fully saturated rings. The van der Waals surface area contributed by atoms with Gasteiger partial charge in [-0.15, -0.1) is 0 Å². The summed E-state index contributed by atoms with van der Waals surface area (Å²) in [6.45, 7) is -1.55. The summed E-state index contributed by atoms with van der Waals surface area (Å²) in [4.78, 5) is 22.5. The molecule has 0 heterocycles. The Labute approximate surface area is 153 Å². The molecule has 9 heteroatoms. The van der Waals surface area contributed by atoms with Gasteiger partial charge in [0, 0.05) is 17.7 Å². The summed E-state index contributed by atoms with van der Waals surface area (Å²) in [5.74, 6) is -0.706. The minimum absolute atomic E-state index is 0.0902. The third-order valence-electron chi connectivity index (χ3n) is 3.61. The van der Waals surface area contributed by atoms with Crippen LogP contribution in [0.4, 0.5) is 20.2 Å². The number of benzene rings is 2. The SMILES string of the molecule is COc1cccc(/C=C/C(=O)Nc2cccc([N+](=O)[O-])c2C)c1OC(F)F. The van der Waals surface area contributed by atoms with E-state index < -0.39 is 17.4 Å². The Balaban J connectivity index is 2.23. The first-order valence-corrected chi connectivity index (χ1v) is 7.68. The van der Waals surface area contributed by atoms with Crippen molar-refractivity contribution in [3.05, 3.63) is 63.7 Å². The number of hydrogen-bond acceptors (Lipinski definition) is 5. The van der Waals surface area contributed by atoms with Crippen molar-refractivity contribution in [1.82, 2.24) is 0 Å². The maximum absolute atomic E-state index is 12.6. The predicted octanol–water partition coefficient (Wildman–Crippen LogP) is 4.17. The van der Waals surface area contributed by atoms with Crippen LogP contribution in [0.15, 0.2) is 42.5 Å². The van der Waals surface area contributed by atoms with Gasteiger partial charge in [0.2, 0.25) is 5.91 Å². The van der Waals surface area contributed by atoms with E-state index in [0.29, 0.717) is 5.56 Å². The van der Waals surface area contributed by atoms with Gasteiger partial charge in [0.1, 0.15) is 0 Å². The zero-order valence-electron chi connectivity index (χ0n) is 14.4. The lowest BCUT2D eigenvalue weighted by Gasteiger charge is -2.12. The van der Waals surface area contributed by atoms with Crippen LogP contribution in [-0.2, 0) is 4.79 Å². The molecule has 2 aromatic carbocycles. The molecule has 142 valence electrons. The number of nitro benzene ring substituents is 1. The quantitative estimate of drug-likeness (QED) is 0.444. The van der Waals surface area contributed by atoms with Gasteiger partial charge in [-0.25, -0.2) is 0 Å². The van der Waals surface area contributed by atoms with Crippen LogP contribution in [-0.4, -0.2) is 24.6 Å². The van der Waals surface area contributed by atoms with Crippen LogP contribution in [0.2, 0.25) is 0 Å². The first-order chi connectivity index (χ1) is 12.8. The molecule has 2 aromatic rings. The molecule has 0 aliphatic rings. The van der Waals surface area contributed by atoms with Crippen molar-refractivity contribution in [2.24, 2.45) is 0 Å². The van der Waals surface area contributed by atoms with E-state index in [-0.39, 0.29) is 28.4 Å². The number of hydrogen-bond donors (Lipinski definition) is 1. The summed E-state index contributed by atoms with van der Waals surface area (Å²) in [6, 6.07) is 8.76. The van der Waals surface area contributed by atoms with Crippen molar-refractivity contribution in [3.63, 3.8) is 0 Å². The second-order valence-electron chi connectivity index (χ2n) is 5.29. The minimum Gasteiger partial charge on any atom is -0.493 e. The molecule has 2 rings (SSSR count). The fourth-order valence-corrected chi connectivity index (χ4v) is 2.34. The number of anilines is 1. The number of nitrogens with one attached hydrogen (secondary N) is 1. The van der Waals surface area contributed by atoms with Crippen LogP contribution in [0.1, 0.15) is 11.1 Å². The summed E-state index contributed by atoms with van der Waals surface area (Å²) in [5, 5.41) is 13.5. The van der Waals surface area contributed by atoms with Crippen molar-refractivity contribution in [1.29, 1.82) is 0 Å². The predicted molar refractivity (Wildman–Crippen MR) is 95.1 cm³/mol. The fraction of sp³-hybridized carbons (Fsp3) is 0.167. The second kappa shape index (κ2) is 8.75. The van der Waals surface area contributed by atoms with Crippen molar-refractivity contribution in [2.75, 3.05) is 12.4 Å². The maximum Gasteiger partial charge on any atom is 0.387 e. The number of amides is 1. The molecular weight excluding hydrogens is 362 g/mol. The van der Waals surface area contributed by atoms with E-state index in [2.05, 4.69) is 10.1 Å². The van der Waals surface area contributed by atoms with Gasteiger partial charge in [0.25, 0.3) is 5.69 Å². The molecule has 0 radical (unpaired) electrons. The molecule has 7 nitrogen and oxygen atoms in total. The van der Waals surface area contributed by atoms with E-state index in [1.165, 1.54) is 50.4 Å². The Hall–Kier alpha value is -3.49. The summed E-state index contributed by atoms with van der Waals surface area (Å²) in [5.41, 5.74) is 0.652. The van der Waals surface area contributed by atoms with Gasteiger partial charge >= 0.3 is 6.61 Å². The summed E-state index contributed by atoms with van der Waals surface area (Å²) >= 11 is 0. The van der Waals surface area contributed by atoms with E-state index in [1.54, 1.807) is 6.07 Å². The molecule has 0 saturated carbocycles. The highest BCUT2D eigenvalue weighted by atomic mass is 19.3. The molecule has 1 N–H and O–H groups in total. The molecule has 0 saturated heterocycles. The fourth-order valence-electron chi connectivity index (χ4n) is 2.34. The number of alkyl halides is 2. The van der Waals surface area contributed by atoms with E-state index in [4.69, 9.17) is 4.74 Å². The van der Waals surface area contributed by atoms with Gasteiger partial charge in [-0.2, -0.15) is 8.78 Å². The number of nitrogens with zero attached hydrogens (tertiary/aromatic N) is 1. The number of carbonyl (C=O) groups is 1. The Bertz CT molecular complexity index is 884. The van der Waals surface area contributed by atoms with Gasteiger partial charge in [-0.05, 0) is 25.1 Å². The van der Waals surface area contributed by atoms with Gasteiger partial charge < -0.3 is 14.8 Å². The number of ether oxygens (including phenoxy) is 2. The van der Waals surface area contributed by atoms with Crippen LogP contribution in [0.25, 0.3) is 6.08 Å². The van der Waals surface area contributed by atoms with Gasteiger partial charge in [-0.1, -0.05) is 18.2 Å². The monoisotopic (exact) mass is 378 g/mol. The van der Waals surface area contributed by atoms with Crippen LogP contribution in [0.3, 0.4) is 0 Å². The first-order valence-electron chi connectivity index (χ1n) is 7.68. The standard InChI is InChI=1S/C18H16F2N2O5/c1-11-13(6-4-7-14(11)22(24)25)21-16(23)10-9-12-5-3-8-15(26-2)17(12)27-18(19)20/h3-10,18H,1-2H3,(H,21,23)/b10-9+. The number of methoxy groups -OCH3 is 1. The Morgan fingerprint density at radius 3 is 2.59 bits per heavy atom. The largest absolute Gasteiger partial charge is 0.493 e. The third kappa shape index (κ3) is 5.00. The molecule has 1 amide bonds. The van der Waals surface area contributed by atoms with Crippen molar-refractivity contribution >= 4 is 23.4 Å². The van der Waals surface area contributed by atoms with Gasteiger partial charge in [0.05, 0.1) is 23.3 Å². The molecule has 0 aliphatic carbocycles. The second-order valence-corrected chi connectivity index (χ2v) is 5.29. The Kier molecular flexibility index (Phi) is 6.42. The molecule has 0 spiro atoms. The highest BCUT2D eigenvalue weighted by molar-refractivity contribution is 6.02. The average molecular weight is 378 g/mol. The van der Waals surface area contributed by atoms with Crippen LogP contribution < -0.4 is 14.8 Å². The normalized spacial score (nSPS) is 10.9. The lowest BCUT2D eigenvalue weighted by molar-refractivity contribution is -0.385. The van der Waals surface area contributed by atoms with E-state index in [1.807, 2.05) is 0 Å². The molecule has 0 bridgehead atoms. The van der Waals surface area contributed by atoms with Gasteiger partial charge in [-0.3, -0.25) is 14.9 Å².